The maximum Gasteiger partial charge on any atom is 0.242 e. The van der Waals surface area contributed by atoms with Crippen molar-refractivity contribution in [2.24, 2.45) is 0 Å². The first kappa shape index (κ1) is 12.1. The summed E-state index contributed by atoms with van der Waals surface area (Å²) in [6.45, 7) is 0.471. The SMILES string of the molecule is O=C(CCl)N1Cc2ccccc2Oc2ccccc21. The molecule has 2 aromatic carbocycles. The van der Waals surface area contributed by atoms with Gasteiger partial charge in [0.25, 0.3) is 0 Å². The first-order valence-electron chi connectivity index (χ1n) is 6.00. The maximum absolute atomic E-state index is 12.0. The van der Waals surface area contributed by atoms with Gasteiger partial charge in [-0.25, -0.2) is 0 Å². The first-order valence-corrected chi connectivity index (χ1v) is 6.54. The van der Waals surface area contributed by atoms with Crippen LogP contribution in [0.1, 0.15) is 5.56 Å². The van der Waals surface area contributed by atoms with Crippen molar-refractivity contribution in [2.75, 3.05) is 10.8 Å². The van der Waals surface area contributed by atoms with Crippen molar-refractivity contribution >= 4 is 23.2 Å². The van der Waals surface area contributed by atoms with Gasteiger partial charge in [0.05, 0.1) is 12.2 Å². The number of alkyl halides is 1. The first-order chi connectivity index (χ1) is 9.29. The van der Waals surface area contributed by atoms with Crippen LogP contribution in [0.4, 0.5) is 5.69 Å². The molecule has 1 heterocycles. The number of anilines is 1. The van der Waals surface area contributed by atoms with Crippen LogP contribution in [0.15, 0.2) is 48.5 Å². The lowest BCUT2D eigenvalue weighted by molar-refractivity contribution is -0.116. The number of hydrogen-bond acceptors (Lipinski definition) is 2. The number of hydrogen-bond donors (Lipinski definition) is 0. The molecular formula is C15H12ClNO2. The topological polar surface area (TPSA) is 29.5 Å². The zero-order valence-corrected chi connectivity index (χ0v) is 10.9. The third-order valence-corrected chi connectivity index (χ3v) is 3.32. The molecular weight excluding hydrogens is 262 g/mol. The van der Waals surface area contributed by atoms with Crippen molar-refractivity contribution in [3.8, 4) is 11.5 Å². The highest BCUT2D eigenvalue weighted by Gasteiger charge is 2.24. The molecule has 2 aromatic rings. The highest BCUT2D eigenvalue weighted by molar-refractivity contribution is 6.29. The second kappa shape index (κ2) is 4.94. The summed E-state index contributed by atoms with van der Waals surface area (Å²) >= 11 is 5.70. The number of carbonyl (C=O) groups is 1. The van der Waals surface area contributed by atoms with Gasteiger partial charge in [0.2, 0.25) is 5.91 Å². The van der Waals surface area contributed by atoms with Crippen LogP contribution < -0.4 is 9.64 Å². The summed E-state index contributed by atoms with van der Waals surface area (Å²) in [6, 6.07) is 15.2. The van der Waals surface area contributed by atoms with Gasteiger partial charge >= 0.3 is 0 Å². The van der Waals surface area contributed by atoms with Gasteiger partial charge in [0, 0.05) is 5.56 Å². The summed E-state index contributed by atoms with van der Waals surface area (Å²) in [7, 11) is 0. The van der Waals surface area contributed by atoms with Gasteiger partial charge in [0.1, 0.15) is 11.6 Å². The molecule has 0 fully saturated rings. The van der Waals surface area contributed by atoms with E-state index in [9.17, 15) is 4.79 Å². The molecule has 3 nitrogen and oxygen atoms in total. The van der Waals surface area contributed by atoms with Crippen molar-refractivity contribution < 1.29 is 9.53 Å². The van der Waals surface area contributed by atoms with Crippen LogP contribution >= 0.6 is 11.6 Å². The lowest BCUT2D eigenvalue weighted by atomic mass is 10.2. The molecule has 0 N–H and O–H groups in total. The Morgan fingerprint density at radius 1 is 1.11 bits per heavy atom. The highest BCUT2D eigenvalue weighted by Crippen LogP contribution is 2.38. The summed E-state index contributed by atoms with van der Waals surface area (Å²) in [4.78, 5) is 13.7. The number of fused-ring (bicyclic) bond motifs is 2. The van der Waals surface area contributed by atoms with Crippen LogP contribution in [0, 0.1) is 0 Å². The minimum Gasteiger partial charge on any atom is -0.455 e. The number of carbonyl (C=O) groups excluding carboxylic acids is 1. The fourth-order valence-corrected chi connectivity index (χ4v) is 2.31. The fraction of sp³-hybridized carbons (Fsp3) is 0.133. The fourth-order valence-electron chi connectivity index (χ4n) is 2.17. The minimum atomic E-state index is -0.130. The minimum absolute atomic E-state index is 0.0451. The molecule has 0 unspecified atom stereocenters. The van der Waals surface area contributed by atoms with Gasteiger partial charge in [-0.05, 0) is 18.2 Å². The van der Waals surface area contributed by atoms with Gasteiger partial charge in [-0.2, -0.15) is 0 Å². The van der Waals surface area contributed by atoms with E-state index in [-0.39, 0.29) is 11.8 Å². The van der Waals surface area contributed by atoms with E-state index in [0.717, 1.165) is 17.0 Å². The summed E-state index contributed by atoms with van der Waals surface area (Å²) in [5.41, 5.74) is 1.72. The number of amides is 1. The van der Waals surface area contributed by atoms with Crippen molar-refractivity contribution in [1.82, 2.24) is 0 Å². The van der Waals surface area contributed by atoms with Crippen molar-refractivity contribution in [3.63, 3.8) is 0 Å². The zero-order valence-electron chi connectivity index (χ0n) is 10.2. The summed E-state index contributed by atoms with van der Waals surface area (Å²) in [6.07, 6.45) is 0. The quantitative estimate of drug-likeness (QED) is 0.744. The molecule has 19 heavy (non-hydrogen) atoms. The normalized spacial score (nSPS) is 13.0. The van der Waals surface area contributed by atoms with E-state index >= 15 is 0 Å². The molecule has 96 valence electrons. The van der Waals surface area contributed by atoms with E-state index in [1.54, 1.807) is 4.90 Å². The van der Waals surface area contributed by atoms with Crippen molar-refractivity contribution in [2.45, 2.75) is 6.54 Å². The van der Waals surface area contributed by atoms with E-state index in [0.29, 0.717) is 12.3 Å². The summed E-state index contributed by atoms with van der Waals surface area (Å²) in [5, 5.41) is 0. The Morgan fingerprint density at radius 3 is 2.58 bits per heavy atom. The van der Waals surface area contributed by atoms with E-state index in [2.05, 4.69) is 0 Å². The van der Waals surface area contributed by atoms with E-state index < -0.39 is 0 Å². The van der Waals surface area contributed by atoms with Crippen LogP contribution in [-0.4, -0.2) is 11.8 Å². The Bertz CT molecular complexity index is 627. The standard InChI is InChI=1S/C15H12ClNO2/c16-9-15(18)17-10-11-5-1-3-7-13(11)19-14-8-4-2-6-12(14)17/h1-8H,9-10H2. The van der Waals surface area contributed by atoms with Gasteiger partial charge in [0.15, 0.2) is 5.75 Å². The largest absolute Gasteiger partial charge is 0.455 e. The maximum atomic E-state index is 12.0. The summed E-state index contributed by atoms with van der Waals surface area (Å²) < 4.78 is 5.89. The molecule has 0 saturated carbocycles. The molecule has 0 bridgehead atoms. The van der Waals surface area contributed by atoms with Gasteiger partial charge in [-0.3, -0.25) is 4.79 Å². The average Bonchev–Trinajstić information content (AvgIpc) is 2.62. The molecule has 0 aliphatic carbocycles. The second-order valence-corrected chi connectivity index (χ2v) is 4.56. The van der Waals surface area contributed by atoms with Gasteiger partial charge in [-0.1, -0.05) is 30.3 Å². The number of rotatable bonds is 1. The molecule has 3 rings (SSSR count). The Balaban J connectivity index is 2.14. The van der Waals surface area contributed by atoms with E-state index in [1.807, 2.05) is 48.5 Å². The van der Waals surface area contributed by atoms with E-state index in [4.69, 9.17) is 16.3 Å². The van der Waals surface area contributed by atoms with Crippen LogP contribution in [-0.2, 0) is 11.3 Å². The van der Waals surface area contributed by atoms with Gasteiger partial charge in [-0.15, -0.1) is 11.6 Å². The molecule has 0 saturated heterocycles. The average molecular weight is 274 g/mol. The van der Waals surface area contributed by atoms with Crippen molar-refractivity contribution in [3.05, 3.63) is 54.1 Å². The highest BCUT2D eigenvalue weighted by atomic mass is 35.5. The van der Waals surface area contributed by atoms with Crippen molar-refractivity contribution in [1.29, 1.82) is 0 Å². The van der Waals surface area contributed by atoms with Crippen LogP contribution in [0.3, 0.4) is 0 Å². The molecule has 4 heteroatoms. The smallest absolute Gasteiger partial charge is 0.242 e. The predicted molar refractivity (Wildman–Crippen MR) is 74.9 cm³/mol. The lowest BCUT2D eigenvalue weighted by Gasteiger charge is -2.20. The second-order valence-electron chi connectivity index (χ2n) is 4.29. The summed E-state index contributed by atoms with van der Waals surface area (Å²) in [5.74, 6) is 1.27. The Hall–Kier alpha value is -2.00. The Labute approximate surface area is 116 Å². The number of halogens is 1. The molecule has 1 aliphatic heterocycles. The van der Waals surface area contributed by atoms with E-state index in [1.165, 1.54) is 0 Å². The molecule has 0 radical (unpaired) electrons. The van der Waals surface area contributed by atoms with Crippen LogP contribution in [0.25, 0.3) is 0 Å². The Kier molecular flexibility index (Phi) is 3.13. The zero-order chi connectivity index (χ0) is 13.2. The van der Waals surface area contributed by atoms with Gasteiger partial charge < -0.3 is 9.64 Å². The molecule has 1 aliphatic rings. The Morgan fingerprint density at radius 2 is 1.79 bits per heavy atom. The van der Waals surface area contributed by atoms with Crippen LogP contribution in [0.5, 0.6) is 11.5 Å². The molecule has 0 atom stereocenters. The molecule has 1 amide bonds. The monoisotopic (exact) mass is 273 g/mol. The lowest BCUT2D eigenvalue weighted by Crippen LogP contribution is -2.30. The molecule has 0 aromatic heterocycles. The number of para-hydroxylation sites is 3. The predicted octanol–water partition coefficient (Wildman–Crippen LogP) is 3.56. The number of ether oxygens (including phenoxy) is 1. The number of nitrogens with zero attached hydrogens (tertiary/aromatic N) is 1. The number of benzene rings is 2. The molecule has 0 spiro atoms. The van der Waals surface area contributed by atoms with Crippen LogP contribution in [0.2, 0.25) is 0 Å². The third-order valence-electron chi connectivity index (χ3n) is 3.09. The third kappa shape index (κ3) is 2.17.